The van der Waals surface area contributed by atoms with Gasteiger partial charge in [-0.25, -0.2) is 0 Å². The van der Waals surface area contributed by atoms with Crippen molar-refractivity contribution in [3.63, 3.8) is 0 Å². The topological polar surface area (TPSA) is 72.5 Å². The van der Waals surface area contributed by atoms with E-state index in [9.17, 15) is 13.2 Å². The summed E-state index contributed by atoms with van der Waals surface area (Å²) < 4.78 is 38.3. The fraction of sp³-hybridized carbons (Fsp3) is 0.720. The Bertz CT molecular complexity index is 756. The summed E-state index contributed by atoms with van der Waals surface area (Å²) >= 11 is -3.19. The van der Waals surface area contributed by atoms with E-state index in [1.807, 2.05) is 20.8 Å². The summed E-state index contributed by atoms with van der Waals surface area (Å²) in [5.41, 5.74) is 0.990. The first-order valence-corrected chi connectivity index (χ1v) is 21.1. The summed E-state index contributed by atoms with van der Waals surface area (Å²) in [4.78, 5) is 13.6. The van der Waals surface area contributed by atoms with Crippen molar-refractivity contribution in [2.24, 2.45) is 5.92 Å². The fourth-order valence-corrected chi connectivity index (χ4v) is 18.3. The zero-order chi connectivity index (χ0) is 24.2. The molecule has 5 nitrogen and oxygen atoms in total. The van der Waals surface area contributed by atoms with E-state index in [1.165, 1.54) is 0 Å². The Morgan fingerprint density at radius 1 is 0.938 bits per heavy atom. The number of hydrogen-bond donors (Lipinski definition) is 1. The second-order valence-electron chi connectivity index (χ2n) is 9.53. The standard InChI is InChI=1S/C13H19NO4S.3C4H9.Sn/c1-9(2)8-12(13(15)16)14-19(17,18)11-6-4-10(3)5-7-11;3*1-3-4-2;/h4-7,9,12,14H,8H2,1-3H3,(H,15,16);3*1,3-4H2,2H3;/q;;;;+1/p-1/t12-;;;;/m0..../s1. The molecule has 0 saturated carbocycles. The van der Waals surface area contributed by atoms with Gasteiger partial charge in [-0.1, -0.05) is 0 Å². The molecule has 0 amide bonds. The quantitative estimate of drug-likeness (QED) is 0.227. The number of carbonyl (C=O) groups excluding carboxylic acids is 1. The van der Waals surface area contributed by atoms with Gasteiger partial charge < -0.3 is 0 Å². The molecule has 1 aromatic carbocycles. The van der Waals surface area contributed by atoms with Gasteiger partial charge in [-0.05, 0) is 0 Å². The van der Waals surface area contributed by atoms with Gasteiger partial charge in [0, 0.05) is 0 Å². The summed E-state index contributed by atoms with van der Waals surface area (Å²) in [6.07, 6.45) is 6.95. The van der Waals surface area contributed by atoms with Gasteiger partial charge in [-0.2, -0.15) is 0 Å². The molecular formula is C25H45NO4SSn. The molecule has 1 rings (SSSR count). The van der Waals surface area contributed by atoms with Crippen LogP contribution in [0.15, 0.2) is 29.2 Å². The van der Waals surface area contributed by atoms with Gasteiger partial charge in [0.15, 0.2) is 0 Å². The summed E-state index contributed by atoms with van der Waals surface area (Å²) in [5.74, 6) is -0.187. The van der Waals surface area contributed by atoms with Crippen LogP contribution in [0.3, 0.4) is 0 Å². The number of unbranched alkanes of at least 4 members (excludes halogenated alkanes) is 3. The average Bonchev–Trinajstić information content (AvgIpc) is 2.74. The van der Waals surface area contributed by atoms with Crippen LogP contribution in [0.2, 0.25) is 13.3 Å². The number of aryl methyl sites for hydroxylation is 1. The van der Waals surface area contributed by atoms with Crippen molar-refractivity contribution in [2.75, 3.05) is 0 Å². The Hall–Kier alpha value is -0.601. The maximum absolute atomic E-state index is 13.5. The predicted molar refractivity (Wildman–Crippen MR) is 136 cm³/mol. The van der Waals surface area contributed by atoms with E-state index < -0.39 is 34.9 Å². The predicted octanol–water partition coefficient (Wildman–Crippen LogP) is 6.58. The number of sulfonamides is 1. The van der Waals surface area contributed by atoms with Crippen LogP contribution in [0.4, 0.5) is 0 Å². The first-order chi connectivity index (χ1) is 15.1. The fourth-order valence-electron chi connectivity index (χ4n) is 3.95. The monoisotopic (exact) mass is 575 g/mol. The molecule has 0 aromatic heterocycles. The zero-order valence-electron chi connectivity index (χ0n) is 21.1. The van der Waals surface area contributed by atoms with Gasteiger partial charge in [0.2, 0.25) is 0 Å². The van der Waals surface area contributed by atoms with Crippen molar-refractivity contribution in [2.45, 2.75) is 111 Å². The molecule has 0 aliphatic heterocycles. The number of nitrogens with one attached hydrogen (secondary N) is 1. The van der Waals surface area contributed by atoms with Crippen molar-refractivity contribution >= 4 is 34.8 Å². The van der Waals surface area contributed by atoms with E-state index in [0.29, 0.717) is 6.42 Å². The Morgan fingerprint density at radius 2 is 1.41 bits per heavy atom. The summed E-state index contributed by atoms with van der Waals surface area (Å²) in [6.45, 7) is 12.4. The number of hydrogen-bond acceptors (Lipinski definition) is 4. The van der Waals surface area contributed by atoms with Crippen LogP contribution in [0.5, 0.6) is 0 Å². The van der Waals surface area contributed by atoms with Gasteiger partial charge in [-0.3, -0.25) is 0 Å². The van der Waals surface area contributed by atoms with Crippen molar-refractivity contribution in [3.8, 4) is 0 Å². The molecule has 184 valence electrons. The van der Waals surface area contributed by atoms with Crippen LogP contribution in [0, 0.1) is 12.8 Å². The van der Waals surface area contributed by atoms with E-state index in [2.05, 4.69) is 25.5 Å². The third-order valence-corrected chi connectivity index (χ3v) is 20.0. The summed E-state index contributed by atoms with van der Waals surface area (Å²) in [7, 11) is -3.80. The van der Waals surface area contributed by atoms with E-state index in [0.717, 1.165) is 57.4 Å². The van der Waals surface area contributed by atoms with Crippen LogP contribution in [0.25, 0.3) is 0 Å². The molecule has 0 aliphatic rings. The van der Waals surface area contributed by atoms with E-state index >= 15 is 0 Å². The summed E-state index contributed by atoms with van der Waals surface area (Å²) in [5, 5.41) is 0. The molecule has 1 aromatic rings. The van der Waals surface area contributed by atoms with Gasteiger partial charge in [-0.15, -0.1) is 0 Å². The molecule has 0 saturated heterocycles. The molecule has 0 fully saturated rings. The zero-order valence-corrected chi connectivity index (χ0v) is 24.7. The molecule has 0 bridgehead atoms. The van der Waals surface area contributed by atoms with Crippen LogP contribution in [-0.2, 0) is 17.9 Å². The van der Waals surface area contributed by atoms with Gasteiger partial charge >= 0.3 is 202 Å². The Labute approximate surface area is 201 Å². The van der Waals surface area contributed by atoms with E-state index in [4.69, 9.17) is 3.07 Å². The Kier molecular flexibility index (Phi) is 13.4. The molecule has 1 N–H and O–H groups in total. The molecule has 1 atom stereocenters. The van der Waals surface area contributed by atoms with Crippen LogP contribution in [0.1, 0.15) is 85.1 Å². The van der Waals surface area contributed by atoms with Crippen LogP contribution in [-0.4, -0.2) is 39.2 Å². The summed E-state index contributed by atoms with van der Waals surface area (Å²) in [6, 6.07) is 5.87. The minimum absolute atomic E-state index is 0.166. The van der Waals surface area contributed by atoms with Gasteiger partial charge in [0.1, 0.15) is 0 Å². The molecule has 0 radical (unpaired) electrons. The minimum atomic E-state index is -3.80. The third kappa shape index (κ3) is 10.1. The van der Waals surface area contributed by atoms with Crippen molar-refractivity contribution < 1.29 is 16.3 Å². The van der Waals surface area contributed by atoms with Crippen molar-refractivity contribution in [3.05, 3.63) is 29.8 Å². The van der Waals surface area contributed by atoms with E-state index in [1.54, 1.807) is 24.3 Å². The molecule has 0 unspecified atom stereocenters. The average molecular weight is 574 g/mol. The second-order valence-corrected chi connectivity index (χ2v) is 22.9. The first kappa shape index (κ1) is 29.4. The molecule has 32 heavy (non-hydrogen) atoms. The van der Waals surface area contributed by atoms with Gasteiger partial charge in [0.05, 0.1) is 0 Å². The molecular weight excluding hydrogens is 529 g/mol. The molecule has 0 heterocycles. The molecule has 0 spiro atoms. The normalized spacial score (nSPS) is 13.3. The van der Waals surface area contributed by atoms with Crippen LogP contribution < -0.4 is 4.72 Å². The van der Waals surface area contributed by atoms with Gasteiger partial charge in [0.25, 0.3) is 0 Å². The van der Waals surface area contributed by atoms with Crippen LogP contribution >= 0.6 is 0 Å². The number of carbonyl (C=O) groups is 1. The van der Waals surface area contributed by atoms with Crippen molar-refractivity contribution in [1.29, 1.82) is 0 Å². The Morgan fingerprint density at radius 3 is 1.81 bits per heavy atom. The number of benzene rings is 1. The number of rotatable bonds is 16. The SMILES string of the molecule is CCC[CH2][Sn]([CH2]CCC)([CH2]CCC)[O]C(=O)[C@H](CC(C)C)NS(=O)(=O)c1ccc(C)cc1. The van der Waals surface area contributed by atoms with E-state index in [-0.39, 0.29) is 16.8 Å². The Balaban J connectivity index is 3.16. The molecule has 0 aliphatic carbocycles. The first-order valence-electron chi connectivity index (χ1n) is 12.4. The maximum atomic E-state index is 13.5. The third-order valence-electron chi connectivity index (χ3n) is 5.90. The van der Waals surface area contributed by atoms with Crippen molar-refractivity contribution in [1.82, 2.24) is 4.72 Å². The second kappa shape index (κ2) is 14.6. The molecule has 7 heteroatoms.